The molecule has 0 atom stereocenters. The fraction of sp³-hybridized carbons (Fsp3) is 0.278. The van der Waals surface area contributed by atoms with Crippen LogP contribution in [-0.4, -0.2) is 40.5 Å². The van der Waals surface area contributed by atoms with Gasteiger partial charge in [0.2, 0.25) is 0 Å². The first kappa shape index (κ1) is 17.7. The first-order valence-electron chi connectivity index (χ1n) is 8.78. The second kappa shape index (κ2) is 6.48. The van der Waals surface area contributed by atoms with Crippen LogP contribution in [0.1, 0.15) is 35.2 Å². The van der Waals surface area contributed by atoms with Crippen LogP contribution in [-0.2, 0) is 6.54 Å². The Bertz CT molecular complexity index is 1200. The van der Waals surface area contributed by atoms with E-state index in [9.17, 15) is 9.90 Å². The quantitative estimate of drug-likeness (QED) is 0.540. The molecule has 4 rings (SSSR count). The fourth-order valence-corrected chi connectivity index (χ4v) is 3.10. The smallest absolute Gasteiger partial charge is 0.269 e. The predicted octanol–water partition coefficient (Wildman–Crippen LogP) is 2.10. The van der Waals surface area contributed by atoms with Crippen molar-refractivity contribution < 1.29 is 14.3 Å². The number of aromatic hydroxyl groups is 1. The standard InChI is InChI=1S/C18H19N7O3/c1-4-5-24-15(16(26)10(3)22-24)18-21-13(8-28-18)25-12-7-20-9(2)6-11(12)14(23-25)17(19)27/h6-8,26H,4-5H2,1-3H3,(H2,19,27). The molecule has 0 fully saturated rings. The molecule has 3 N–H and O–H groups in total. The minimum absolute atomic E-state index is 0.0160. The van der Waals surface area contributed by atoms with E-state index in [0.29, 0.717) is 34.7 Å². The summed E-state index contributed by atoms with van der Waals surface area (Å²) >= 11 is 0. The second-order valence-corrected chi connectivity index (χ2v) is 6.48. The van der Waals surface area contributed by atoms with Gasteiger partial charge in [0.25, 0.3) is 11.8 Å². The highest BCUT2D eigenvalue weighted by Gasteiger charge is 2.23. The third-order valence-corrected chi connectivity index (χ3v) is 4.38. The second-order valence-electron chi connectivity index (χ2n) is 6.48. The Labute approximate surface area is 159 Å². The maximum absolute atomic E-state index is 11.8. The number of carbonyl (C=O) groups is 1. The van der Waals surface area contributed by atoms with Gasteiger partial charge in [-0.05, 0) is 26.3 Å². The zero-order valence-corrected chi connectivity index (χ0v) is 15.7. The zero-order valence-electron chi connectivity index (χ0n) is 15.7. The van der Waals surface area contributed by atoms with Crippen molar-refractivity contribution in [2.75, 3.05) is 0 Å². The van der Waals surface area contributed by atoms with E-state index in [0.717, 1.165) is 12.1 Å². The molecular formula is C18H19N7O3. The van der Waals surface area contributed by atoms with Crippen LogP contribution in [0.3, 0.4) is 0 Å². The molecule has 0 saturated heterocycles. The lowest BCUT2D eigenvalue weighted by molar-refractivity contribution is 0.0996. The van der Waals surface area contributed by atoms with Crippen LogP contribution in [0.2, 0.25) is 0 Å². The third-order valence-electron chi connectivity index (χ3n) is 4.38. The van der Waals surface area contributed by atoms with Crippen molar-refractivity contribution in [3.05, 3.63) is 35.6 Å². The van der Waals surface area contributed by atoms with Crippen molar-refractivity contribution in [3.8, 4) is 23.2 Å². The molecule has 0 radical (unpaired) electrons. The Hall–Kier alpha value is -3.69. The molecule has 10 heteroatoms. The summed E-state index contributed by atoms with van der Waals surface area (Å²) in [6.45, 7) is 6.14. The molecule has 0 bridgehead atoms. The molecule has 1 amide bonds. The number of amides is 1. The highest BCUT2D eigenvalue weighted by atomic mass is 16.3. The number of fused-ring (bicyclic) bond motifs is 1. The molecular weight excluding hydrogens is 362 g/mol. The lowest BCUT2D eigenvalue weighted by Gasteiger charge is -2.02. The molecule has 28 heavy (non-hydrogen) atoms. The van der Waals surface area contributed by atoms with E-state index in [1.54, 1.807) is 23.9 Å². The van der Waals surface area contributed by atoms with Crippen LogP contribution in [0.15, 0.2) is 22.9 Å². The van der Waals surface area contributed by atoms with Crippen LogP contribution < -0.4 is 5.73 Å². The van der Waals surface area contributed by atoms with Gasteiger partial charge in [-0.1, -0.05) is 6.92 Å². The van der Waals surface area contributed by atoms with Crippen molar-refractivity contribution in [2.24, 2.45) is 5.73 Å². The topological polar surface area (TPSA) is 138 Å². The first-order valence-corrected chi connectivity index (χ1v) is 8.78. The molecule has 4 aromatic rings. The molecule has 0 unspecified atom stereocenters. The number of aryl methyl sites for hydroxylation is 3. The highest BCUT2D eigenvalue weighted by Crippen LogP contribution is 2.32. The average molecular weight is 381 g/mol. The maximum atomic E-state index is 11.8. The zero-order chi connectivity index (χ0) is 20.0. The lowest BCUT2D eigenvalue weighted by Crippen LogP contribution is -2.12. The number of pyridine rings is 1. The molecule has 0 aliphatic carbocycles. The van der Waals surface area contributed by atoms with Gasteiger partial charge < -0.3 is 15.3 Å². The van der Waals surface area contributed by atoms with Crippen molar-refractivity contribution >= 4 is 16.8 Å². The summed E-state index contributed by atoms with van der Waals surface area (Å²) in [5.74, 6) is -0.0972. The summed E-state index contributed by atoms with van der Waals surface area (Å²) in [6.07, 6.45) is 3.82. The molecule has 4 aromatic heterocycles. The molecule has 0 aliphatic heterocycles. The van der Waals surface area contributed by atoms with Gasteiger partial charge >= 0.3 is 0 Å². The van der Waals surface area contributed by atoms with Crippen molar-refractivity contribution in [1.29, 1.82) is 0 Å². The minimum atomic E-state index is -0.646. The van der Waals surface area contributed by atoms with E-state index in [2.05, 4.69) is 20.2 Å². The SMILES string of the molecule is CCCn1nc(C)c(O)c1-c1nc(-n2nc(C(N)=O)c3cc(C)ncc32)co1. The van der Waals surface area contributed by atoms with Gasteiger partial charge in [-0.2, -0.15) is 15.2 Å². The van der Waals surface area contributed by atoms with Crippen LogP contribution in [0.25, 0.3) is 28.3 Å². The number of nitrogens with two attached hydrogens (primary N) is 1. The summed E-state index contributed by atoms with van der Waals surface area (Å²) in [7, 11) is 0. The van der Waals surface area contributed by atoms with Crippen LogP contribution in [0.5, 0.6) is 5.75 Å². The molecule has 10 nitrogen and oxygen atoms in total. The van der Waals surface area contributed by atoms with E-state index < -0.39 is 5.91 Å². The largest absolute Gasteiger partial charge is 0.504 e. The molecule has 144 valence electrons. The van der Waals surface area contributed by atoms with Crippen molar-refractivity contribution in [1.82, 2.24) is 29.5 Å². The Kier molecular flexibility index (Phi) is 4.10. The highest BCUT2D eigenvalue weighted by molar-refractivity contribution is 6.04. The van der Waals surface area contributed by atoms with Gasteiger partial charge in [0, 0.05) is 17.6 Å². The third kappa shape index (κ3) is 2.70. The number of hydrogen-bond donors (Lipinski definition) is 2. The summed E-state index contributed by atoms with van der Waals surface area (Å²) in [4.78, 5) is 20.5. The number of oxazole rings is 1. The van der Waals surface area contributed by atoms with E-state index in [-0.39, 0.29) is 17.3 Å². The summed E-state index contributed by atoms with van der Waals surface area (Å²) in [5.41, 5.74) is 7.78. The van der Waals surface area contributed by atoms with Gasteiger partial charge in [-0.25, -0.2) is 4.68 Å². The van der Waals surface area contributed by atoms with Crippen molar-refractivity contribution in [3.63, 3.8) is 0 Å². The summed E-state index contributed by atoms with van der Waals surface area (Å²) in [5, 5.41) is 19.6. The Morgan fingerprint density at radius 1 is 1.32 bits per heavy atom. The van der Waals surface area contributed by atoms with E-state index >= 15 is 0 Å². The van der Waals surface area contributed by atoms with Crippen LogP contribution >= 0.6 is 0 Å². The normalized spacial score (nSPS) is 11.4. The van der Waals surface area contributed by atoms with E-state index in [4.69, 9.17) is 10.2 Å². The Balaban J connectivity index is 1.87. The van der Waals surface area contributed by atoms with E-state index in [1.165, 1.54) is 10.9 Å². The van der Waals surface area contributed by atoms with Gasteiger partial charge in [0.15, 0.2) is 23.0 Å². The minimum Gasteiger partial charge on any atom is -0.504 e. The number of carbonyl (C=O) groups excluding carboxylic acids is 1. The monoisotopic (exact) mass is 381 g/mol. The summed E-state index contributed by atoms with van der Waals surface area (Å²) in [6, 6.07) is 1.74. The molecule has 0 aliphatic rings. The van der Waals surface area contributed by atoms with Gasteiger partial charge in [-0.3, -0.25) is 14.5 Å². The number of nitrogens with zero attached hydrogens (tertiary/aromatic N) is 6. The molecule has 0 saturated carbocycles. The van der Waals surface area contributed by atoms with Gasteiger partial charge in [-0.15, -0.1) is 0 Å². The summed E-state index contributed by atoms with van der Waals surface area (Å²) < 4.78 is 8.70. The van der Waals surface area contributed by atoms with E-state index in [1.807, 2.05) is 13.8 Å². The maximum Gasteiger partial charge on any atom is 0.269 e. The van der Waals surface area contributed by atoms with Crippen molar-refractivity contribution in [2.45, 2.75) is 33.7 Å². The van der Waals surface area contributed by atoms with Crippen LogP contribution in [0.4, 0.5) is 0 Å². The Morgan fingerprint density at radius 2 is 2.11 bits per heavy atom. The number of hydrogen-bond acceptors (Lipinski definition) is 7. The fourth-order valence-electron chi connectivity index (χ4n) is 3.10. The number of primary amides is 1. The predicted molar refractivity (Wildman–Crippen MR) is 100 cm³/mol. The average Bonchev–Trinajstić information content (AvgIpc) is 3.32. The molecule has 0 spiro atoms. The Morgan fingerprint density at radius 3 is 2.82 bits per heavy atom. The number of rotatable bonds is 5. The van der Waals surface area contributed by atoms with Gasteiger partial charge in [0.1, 0.15) is 12.0 Å². The van der Waals surface area contributed by atoms with Crippen LogP contribution in [0, 0.1) is 13.8 Å². The lowest BCUT2D eigenvalue weighted by atomic mass is 10.2. The van der Waals surface area contributed by atoms with Gasteiger partial charge in [0.05, 0.1) is 11.7 Å². The number of aromatic nitrogens is 6. The molecule has 0 aromatic carbocycles. The first-order chi connectivity index (χ1) is 13.4. The molecule has 4 heterocycles.